The number of hydrogen-bond acceptors (Lipinski definition) is 3. The highest BCUT2D eigenvalue weighted by Crippen LogP contribution is 2.24. The molecule has 0 radical (unpaired) electrons. The summed E-state index contributed by atoms with van der Waals surface area (Å²) in [6, 6.07) is -0.360. The second-order valence-corrected chi connectivity index (χ2v) is 6.41. The molecule has 0 aromatic rings. The van der Waals surface area contributed by atoms with Gasteiger partial charge >= 0.3 is 5.97 Å². The van der Waals surface area contributed by atoms with Gasteiger partial charge in [-0.3, -0.25) is 4.79 Å². The maximum Gasteiger partial charge on any atom is 0.328 e. The van der Waals surface area contributed by atoms with Crippen molar-refractivity contribution in [3.05, 3.63) is 0 Å². The summed E-state index contributed by atoms with van der Waals surface area (Å²) in [5, 5.41) is 0. The van der Waals surface area contributed by atoms with Gasteiger partial charge < -0.3 is 9.64 Å². The lowest BCUT2D eigenvalue weighted by Crippen LogP contribution is -2.48. The Bertz CT molecular complexity index is 320. The van der Waals surface area contributed by atoms with Gasteiger partial charge in [0.15, 0.2) is 0 Å². The van der Waals surface area contributed by atoms with Crippen molar-refractivity contribution in [1.82, 2.24) is 4.90 Å². The van der Waals surface area contributed by atoms with Crippen molar-refractivity contribution >= 4 is 11.9 Å². The highest BCUT2D eigenvalue weighted by atomic mass is 16.5. The summed E-state index contributed by atoms with van der Waals surface area (Å²) < 4.78 is 5.07. The summed E-state index contributed by atoms with van der Waals surface area (Å²) in [7, 11) is 0. The Morgan fingerprint density at radius 1 is 1.26 bits per heavy atom. The third-order valence-corrected chi connectivity index (χ3v) is 3.47. The molecule has 4 nitrogen and oxygen atoms in total. The lowest BCUT2D eigenvalue weighted by molar-refractivity contribution is -0.156. The Morgan fingerprint density at radius 2 is 1.95 bits per heavy atom. The van der Waals surface area contributed by atoms with Crippen LogP contribution in [0.4, 0.5) is 0 Å². The fraction of sp³-hybridized carbons (Fsp3) is 0.867. The highest BCUT2D eigenvalue weighted by Gasteiger charge is 2.33. The molecule has 1 aliphatic heterocycles. The van der Waals surface area contributed by atoms with Crippen LogP contribution in [0.25, 0.3) is 0 Å². The number of hydrogen-bond donors (Lipinski definition) is 0. The number of carbonyl (C=O) groups excluding carboxylic acids is 2. The van der Waals surface area contributed by atoms with Gasteiger partial charge in [0.05, 0.1) is 6.61 Å². The fourth-order valence-corrected chi connectivity index (χ4v) is 2.34. The quantitative estimate of drug-likeness (QED) is 0.737. The van der Waals surface area contributed by atoms with Crippen molar-refractivity contribution in [3.63, 3.8) is 0 Å². The molecule has 1 unspecified atom stereocenters. The average Bonchev–Trinajstić information content (AvgIpc) is 2.35. The molecule has 1 atom stereocenters. The number of rotatable bonds is 4. The van der Waals surface area contributed by atoms with E-state index in [0.29, 0.717) is 19.6 Å². The third kappa shape index (κ3) is 5.21. The van der Waals surface area contributed by atoms with Crippen LogP contribution >= 0.6 is 0 Å². The molecule has 1 rings (SSSR count). The van der Waals surface area contributed by atoms with E-state index in [1.54, 1.807) is 11.8 Å². The molecule has 0 N–H and O–H groups in total. The van der Waals surface area contributed by atoms with E-state index in [-0.39, 0.29) is 23.3 Å². The van der Waals surface area contributed by atoms with Crippen molar-refractivity contribution in [2.24, 2.45) is 5.41 Å². The number of piperidine rings is 1. The van der Waals surface area contributed by atoms with E-state index in [1.165, 1.54) is 0 Å². The minimum Gasteiger partial charge on any atom is -0.464 e. The van der Waals surface area contributed by atoms with Gasteiger partial charge in [-0.05, 0) is 38.0 Å². The summed E-state index contributed by atoms with van der Waals surface area (Å²) in [6.07, 6.45) is 4.07. The fourth-order valence-electron chi connectivity index (χ4n) is 2.34. The van der Waals surface area contributed by atoms with Crippen LogP contribution in [0.2, 0.25) is 0 Å². The van der Waals surface area contributed by atoms with Crippen LogP contribution in [-0.4, -0.2) is 36.0 Å². The van der Waals surface area contributed by atoms with Gasteiger partial charge in [0.2, 0.25) is 5.91 Å². The number of amides is 1. The molecule has 0 bridgehead atoms. The molecule has 19 heavy (non-hydrogen) atoms. The summed E-state index contributed by atoms with van der Waals surface area (Å²) >= 11 is 0. The molecule has 1 aliphatic rings. The standard InChI is InChI=1S/C15H27NO3/c1-5-19-14(18)12-8-6-7-11-16(12)13(17)9-10-15(2,3)4/h12H,5-11H2,1-4H3. The van der Waals surface area contributed by atoms with E-state index >= 15 is 0 Å². The minimum atomic E-state index is -0.360. The maximum absolute atomic E-state index is 12.3. The first-order valence-electron chi connectivity index (χ1n) is 7.31. The van der Waals surface area contributed by atoms with Crippen LogP contribution in [0.15, 0.2) is 0 Å². The number of carbonyl (C=O) groups is 2. The van der Waals surface area contributed by atoms with E-state index in [9.17, 15) is 9.59 Å². The minimum absolute atomic E-state index is 0.0904. The second-order valence-electron chi connectivity index (χ2n) is 6.41. The van der Waals surface area contributed by atoms with Crippen LogP contribution in [0.1, 0.15) is 59.8 Å². The normalized spacial score (nSPS) is 20.2. The lowest BCUT2D eigenvalue weighted by atomic mass is 9.90. The number of ether oxygens (including phenoxy) is 1. The third-order valence-electron chi connectivity index (χ3n) is 3.47. The number of likely N-dealkylation sites (tertiary alicyclic amines) is 1. The number of nitrogens with zero attached hydrogens (tertiary/aromatic N) is 1. The molecule has 1 heterocycles. The smallest absolute Gasteiger partial charge is 0.328 e. The number of esters is 1. The summed E-state index contributed by atoms with van der Waals surface area (Å²) in [4.78, 5) is 25.9. The van der Waals surface area contributed by atoms with Crippen molar-refractivity contribution < 1.29 is 14.3 Å². The van der Waals surface area contributed by atoms with Crippen LogP contribution in [0, 0.1) is 5.41 Å². The molecule has 110 valence electrons. The Labute approximate surface area is 116 Å². The molecule has 1 amide bonds. The van der Waals surface area contributed by atoms with Crippen molar-refractivity contribution in [2.45, 2.75) is 65.8 Å². The molecule has 1 fully saturated rings. The van der Waals surface area contributed by atoms with Crippen molar-refractivity contribution in [3.8, 4) is 0 Å². The van der Waals surface area contributed by atoms with Gasteiger partial charge in [0.25, 0.3) is 0 Å². The van der Waals surface area contributed by atoms with Crippen LogP contribution in [0.5, 0.6) is 0 Å². The summed E-state index contributed by atoms with van der Waals surface area (Å²) in [5.74, 6) is -0.154. The summed E-state index contributed by atoms with van der Waals surface area (Å²) in [6.45, 7) is 9.23. The van der Waals surface area contributed by atoms with E-state index in [2.05, 4.69) is 20.8 Å². The first-order chi connectivity index (χ1) is 8.85. The predicted molar refractivity (Wildman–Crippen MR) is 74.7 cm³/mol. The topological polar surface area (TPSA) is 46.6 Å². The molecule has 0 saturated carbocycles. The molecule has 4 heteroatoms. The van der Waals surface area contributed by atoms with E-state index in [4.69, 9.17) is 4.74 Å². The monoisotopic (exact) mass is 269 g/mol. The lowest BCUT2D eigenvalue weighted by Gasteiger charge is -2.34. The zero-order valence-corrected chi connectivity index (χ0v) is 12.7. The molecule has 1 saturated heterocycles. The zero-order valence-electron chi connectivity index (χ0n) is 12.7. The van der Waals surface area contributed by atoms with Crippen LogP contribution in [-0.2, 0) is 14.3 Å². The van der Waals surface area contributed by atoms with Gasteiger partial charge in [0.1, 0.15) is 6.04 Å². The molecule has 0 aromatic heterocycles. The van der Waals surface area contributed by atoms with Gasteiger partial charge in [-0.1, -0.05) is 20.8 Å². The Balaban J connectivity index is 2.61. The first kappa shape index (κ1) is 16.0. The van der Waals surface area contributed by atoms with Crippen LogP contribution < -0.4 is 0 Å². The Morgan fingerprint density at radius 3 is 2.53 bits per heavy atom. The molecule has 0 spiro atoms. The molecule has 0 aliphatic carbocycles. The van der Waals surface area contributed by atoms with E-state index < -0.39 is 0 Å². The molecular weight excluding hydrogens is 242 g/mol. The highest BCUT2D eigenvalue weighted by molar-refractivity contribution is 5.84. The van der Waals surface area contributed by atoms with Crippen molar-refractivity contribution in [2.75, 3.05) is 13.2 Å². The molecule has 0 aromatic carbocycles. The summed E-state index contributed by atoms with van der Waals surface area (Å²) in [5.41, 5.74) is 0.144. The Kier molecular flexibility index (Phi) is 5.83. The SMILES string of the molecule is CCOC(=O)C1CCCCN1C(=O)CCC(C)(C)C. The van der Waals surface area contributed by atoms with Crippen molar-refractivity contribution in [1.29, 1.82) is 0 Å². The first-order valence-corrected chi connectivity index (χ1v) is 7.31. The van der Waals surface area contributed by atoms with E-state index in [0.717, 1.165) is 25.7 Å². The van der Waals surface area contributed by atoms with Gasteiger partial charge in [0, 0.05) is 13.0 Å². The Hall–Kier alpha value is -1.06. The zero-order chi connectivity index (χ0) is 14.5. The average molecular weight is 269 g/mol. The molecular formula is C15H27NO3. The van der Waals surface area contributed by atoms with Gasteiger partial charge in [-0.15, -0.1) is 0 Å². The second kappa shape index (κ2) is 6.92. The maximum atomic E-state index is 12.3. The van der Waals surface area contributed by atoms with Crippen LogP contribution in [0.3, 0.4) is 0 Å². The largest absolute Gasteiger partial charge is 0.464 e. The van der Waals surface area contributed by atoms with Gasteiger partial charge in [-0.25, -0.2) is 4.79 Å². The van der Waals surface area contributed by atoms with E-state index in [1.807, 2.05) is 0 Å². The van der Waals surface area contributed by atoms with Gasteiger partial charge in [-0.2, -0.15) is 0 Å². The predicted octanol–water partition coefficient (Wildman–Crippen LogP) is 2.76.